The van der Waals surface area contributed by atoms with Crippen molar-refractivity contribution >= 4 is 6.03 Å². The summed E-state index contributed by atoms with van der Waals surface area (Å²) in [6, 6.07) is 8.67. The monoisotopic (exact) mass is 316 g/mol. The molecule has 23 heavy (non-hydrogen) atoms. The van der Waals surface area contributed by atoms with Crippen molar-refractivity contribution in [2.24, 2.45) is 11.8 Å². The molecule has 2 saturated carbocycles. The average molecular weight is 316 g/mol. The van der Waals surface area contributed by atoms with Gasteiger partial charge in [-0.2, -0.15) is 0 Å². The van der Waals surface area contributed by atoms with E-state index >= 15 is 0 Å². The van der Waals surface area contributed by atoms with Crippen molar-refractivity contribution in [3.05, 3.63) is 35.4 Å². The zero-order valence-electron chi connectivity index (χ0n) is 13.9. The molecular weight excluding hydrogens is 288 g/mol. The number of rotatable bonds is 5. The molecule has 0 heterocycles. The Balaban J connectivity index is 1.56. The molecule has 0 aliphatic heterocycles. The number of aliphatic hydroxyl groups is 1. The van der Waals surface area contributed by atoms with Crippen LogP contribution >= 0.6 is 0 Å². The van der Waals surface area contributed by atoms with Crippen LogP contribution in [0.15, 0.2) is 24.3 Å². The van der Waals surface area contributed by atoms with Crippen LogP contribution in [0.2, 0.25) is 0 Å². The molecular formula is C19H28N2O2. The fraction of sp³-hybridized carbons (Fsp3) is 0.632. The minimum Gasteiger partial charge on any atom is -0.396 e. The fourth-order valence-corrected chi connectivity index (χ4v) is 3.67. The number of benzene rings is 1. The predicted molar refractivity (Wildman–Crippen MR) is 91.1 cm³/mol. The number of hydrogen-bond acceptors (Lipinski definition) is 2. The summed E-state index contributed by atoms with van der Waals surface area (Å²) < 4.78 is 0. The number of carbonyl (C=O) groups is 1. The SMILES string of the molecule is Cc1ccccc1C(NC(=O)NC1CCC(CO)CC1)C1CC1. The summed E-state index contributed by atoms with van der Waals surface area (Å²) in [5.41, 5.74) is 2.49. The Kier molecular flexibility index (Phi) is 5.21. The normalized spacial score (nSPS) is 25.7. The van der Waals surface area contributed by atoms with Crippen molar-refractivity contribution in [2.45, 2.75) is 57.5 Å². The highest BCUT2D eigenvalue weighted by atomic mass is 16.3. The van der Waals surface area contributed by atoms with E-state index in [1.165, 1.54) is 24.0 Å². The van der Waals surface area contributed by atoms with Crippen LogP contribution in [0.1, 0.15) is 55.7 Å². The first-order valence-corrected chi connectivity index (χ1v) is 8.90. The van der Waals surface area contributed by atoms with Crippen molar-refractivity contribution in [3.63, 3.8) is 0 Å². The van der Waals surface area contributed by atoms with E-state index in [1.807, 2.05) is 12.1 Å². The van der Waals surface area contributed by atoms with Gasteiger partial charge in [-0.3, -0.25) is 0 Å². The van der Waals surface area contributed by atoms with Crippen molar-refractivity contribution < 1.29 is 9.90 Å². The number of urea groups is 1. The van der Waals surface area contributed by atoms with Crippen molar-refractivity contribution in [2.75, 3.05) is 6.61 Å². The molecule has 2 amide bonds. The van der Waals surface area contributed by atoms with Gasteiger partial charge >= 0.3 is 6.03 Å². The molecule has 0 spiro atoms. The molecule has 2 fully saturated rings. The number of aryl methyl sites for hydroxylation is 1. The lowest BCUT2D eigenvalue weighted by Crippen LogP contribution is -2.45. The van der Waals surface area contributed by atoms with Gasteiger partial charge in [0.15, 0.2) is 0 Å². The lowest BCUT2D eigenvalue weighted by molar-refractivity contribution is 0.174. The van der Waals surface area contributed by atoms with Crippen LogP contribution in [0.4, 0.5) is 4.79 Å². The van der Waals surface area contributed by atoms with Crippen molar-refractivity contribution in [3.8, 4) is 0 Å². The minimum absolute atomic E-state index is 0.0439. The van der Waals surface area contributed by atoms with Crippen LogP contribution in [0.5, 0.6) is 0 Å². The van der Waals surface area contributed by atoms with Crippen molar-refractivity contribution in [1.29, 1.82) is 0 Å². The molecule has 0 saturated heterocycles. The Labute approximate surface area is 138 Å². The molecule has 1 aromatic carbocycles. The highest BCUT2D eigenvalue weighted by Gasteiger charge is 2.34. The second kappa shape index (κ2) is 7.35. The summed E-state index contributed by atoms with van der Waals surface area (Å²) >= 11 is 0. The van der Waals surface area contributed by atoms with Crippen molar-refractivity contribution in [1.82, 2.24) is 10.6 Å². The van der Waals surface area contributed by atoms with Gasteiger partial charge < -0.3 is 15.7 Å². The first-order chi connectivity index (χ1) is 11.2. The topological polar surface area (TPSA) is 61.4 Å². The highest BCUT2D eigenvalue weighted by Crippen LogP contribution is 2.41. The third kappa shape index (κ3) is 4.25. The second-order valence-corrected chi connectivity index (χ2v) is 7.19. The molecule has 3 N–H and O–H groups in total. The first-order valence-electron chi connectivity index (χ1n) is 8.90. The van der Waals surface area contributed by atoms with E-state index in [9.17, 15) is 9.90 Å². The summed E-state index contributed by atoms with van der Waals surface area (Å²) in [7, 11) is 0. The van der Waals surface area contributed by atoms with E-state index < -0.39 is 0 Å². The minimum atomic E-state index is -0.0439. The maximum Gasteiger partial charge on any atom is 0.315 e. The molecule has 0 aromatic heterocycles. The van der Waals surface area contributed by atoms with Crippen LogP contribution in [-0.4, -0.2) is 23.8 Å². The van der Waals surface area contributed by atoms with E-state index in [0.29, 0.717) is 11.8 Å². The Morgan fingerprint density at radius 2 is 1.87 bits per heavy atom. The number of hydrogen-bond donors (Lipinski definition) is 3. The third-order valence-electron chi connectivity index (χ3n) is 5.34. The second-order valence-electron chi connectivity index (χ2n) is 7.19. The number of carbonyl (C=O) groups excluding carboxylic acids is 1. The Morgan fingerprint density at radius 3 is 2.48 bits per heavy atom. The molecule has 0 bridgehead atoms. The molecule has 126 valence electrons. The standard InChI is InChI=1S/C19H28N2O2/c1-13-4-2-3-5-17(13)18(15-8-9-15)21-19(23)20-16-10-6-14(12-22)7-11-16/h2-5,14-16,18,22H,6-12H2,1H3,(H2,20,21,23). The van der Waals surface area contributed by atoms with Gasteiger partial charge in [-0.05, 0) is 68.4 Å². The summed E-state index contributed by atoms with van der Waals surface area (Å²) in [5.74, 6) is 0.995. The van der Waals surface area contributed by atoms with Crippen LogP contribution in [0, 0.1) is 18.8 Å². The Morgan fingerprint density at radius 1 is 1.17 bits per heavy atom. The van der Waals surface area contributed by atoms with Gasteiger partial charge in [-0.25, -0.2) is 4.79 Å². The van der Waals surface area contributed by atoms with E-state index in [1.54, 1.807) is 0 Å². The molecule has 2 aliphatic rings. The molecule has 1 atom stereocenters. The average Bonchev–Trinajstić information content (AvgIpc) is 3.39. The zero-order valence-corrected chi connectivity index (χ0v) is 13.9. The third-order valence-corrected chi connectivity index (χ3v) is 5.34. The quantitative estimate of drug-likeness (QED) is 0.780. The maximum atomic E-state index is 12.4. The Bertz CT molecular complexity index is 534. The van der Waals surface area contributed by atoms with E-state index in [-0.39, 0.29) is 24.7 Å². The lowest BCUT2D eigenvalue weighted by atomic mass is 9.86. The van der Waals surface area contributed by atoms with Gasteiger partial charge in [0.1, 0.15) is 0 Å². The summed E-state index contributed by atoms with van der Waals surface area (Å²) in [6.45, 7) is 2.39. The highest BCUT2D eigenvalue weighted by molar-refractivity contribution is 5.75. The summed E-state index contributed by atoms with van der Waals surface area (Å²) in [6.07, 6.45) is 6.34. The molecule has 3 rings (SSSR count). The van der Waals surface area contributed by atoms with E-state index in [2.05, 4.69) is 29.7 Å². The van der Waals surface area contributed by atoms with Gasteiger partial charge in [0, 0.05) is 12.6 Å². The van der Waals surface area contributed by atoms with Gasteiger partial charge in [-0.1, -0.05) is 24.3 Å². The van der Waals surface area contributed by atoms with Gasteiger partial charge in [0.2, 0.25) is 0 Å². The zero-order chi connectivity index (χ0) is 16.2. The largest absolute Gasteiger partial charge is 0.396 e. The van der Waals surface area contributed by atoms with Crippen LogP contribution in [-0.2, 0) is 0 Å². The summed E-state index contributed by atoms with van der Waals surface area (Å²) in [4.78, 5) is 12.4. The van der Waals surface area contributed by atoms with Crippen LogP contribution < -0.4 is 10.6 Å². The van der Waals surface area contributed by atoms with Gasteiger partial charge in [0.05, 0.1) is 6.04 Å². The maximum absolute atomic E-state index is 12.4. The predicted octanol–water partition coefficient (Wildman–Crippen LogP) is 3.30. The number of amides is 2. The van der Waals surface area contributed by atoms with Gasteiger partial charge in [0.25, 0.3) is 0 Å². The smallest absolute Gasteiger partial charge is 0.315 e. The molecule has 4 heteroatoms. The lowest BCUT2D eigenvalue weighted by Gasteiger charge is -2.29. The molecule has 2 aliphatic carbocycles. The Hall–Kier alpha value is -1.55. The van der Waals surface area contributed by atoms with Crippen LogP contribution in [0.3, 0.4) is 0 Å². The van der Waals surface area contributed by atoms with E-state index in [4.69, 9.17) is 0 Å². The van der Waals surface area contributed by atoms with Gasteiger partial charge in [-0.15, -0.1) is 0 Å². The van der Waals surface area contributed by atoms with Crippen LogP contribution in [0.25, 0.3) is 0 Å². The summed E-state index contributed by atoms with van der Waals surface area (Å²) in [5, 5.41) is 15.5. The number of nitrogens with one attached hydrogen (secondary N) is 2. The molecule has 0 radical (unpaired) electrons. The first kappa shape index (κ1) is 16.3. The fourth-order valence-electron chi connectivity index (χ4n) is 3.67. The molecule has 1 unspecified atom stereocenters. The molecule has 1 aromatic rings. The van der Waals surface area contributed by atoms with E-state index in [0.717, 1.165) is 25.7 Å². The molecule has 4 nitrogen and oxygen atoms in total. The number of aliphatic hydroxyl groups excluding tert-OH is 1.